The lowest BCUT2D eigenvalue weighted by Gasteiger charge is -2.32. The normalized spacial score (nSPS) is 33.5. The summed E-state index contributed by atoms with van der Waals surface area (Å²) in [5, 5.41) is 3.69. The summed E-state index contributed by atoms with van der Waals surface area (Å²) in [5.41, 5.74) is -0.232. The fourth-order valence-corrected chi connectivity index (χ4v) is 4.11. The third kappa shape index (κ3) is 2.48. The van der Waals surface area contributed by atoms with Gasteiger partial charge in [0, 0.05) is 19.1 Å². The van der Waals surface area contributed by atoms with Crippen molar-refractivity contribution in [3.63, 3.8) is 0 Å². The van der Waals surface area contributed by atoms with Gasteiger partial charge in [-0.25, -0.2) is 0 Å². The van der Waals surface area contributed by atoms with Crippen molar-refractivity contribution in [3.05, 3.63) is 0 Å². The Morgan fingerprint density at radius 1 is 1.35 bits per heavy atom. The van der Waals surface area contributed by atoms with E-state index in [4.69, 9.17) is 4.74 Å². The predicted octanol–water partition coefficient (Wildman–Crippen LogP) is 2.14. The minimum Gasteiger partial charge on any atom is -0.381 e. The van der Waals surface area contributed by atoms with Crippen LogP contribution in [0.2, 0.25) is 0 Å². The second-order valence-electron chi connectivity index (χ2n) is 7.16. The number of amides is 1. The molecule has 0 bridgehead atoms. The maximum Gasteiger partial charge on any atom is 0.244 e. The van der Waals surface area contributed by atoms with E-state index in [9.17, 15) is 4.79 Å². The Labute approximate surface area is 122 Å². The van der Waals surface area contributed by atoms with Crippen LogP contribution in [0.25, 0.3) is 0 Å². The second-order valence-corrected chi connectivity index (χ2v) is 7.16. The first-order valence-electron chi connectivity index (χ1n) is 8.29. The third-order valence-electron chi connectivity index (χ3n) is 5.23. The molecule has 114 valence electrons. The van der Waals surface area contributed by atoms with Gasteiger partial charge in [-0.2, -0.15) is 0 Å². The van der Waals surface area contributed by atoms with Crippen molar-refractivity contribution in [3.8, 4) is 0 Å². The number of nitrogens with one attached hydrogen (secondary N) is 1. The monoisotopic (exact) mass is 280 g/mol. The molecule has 2 aliphatic heterocycles. The van der Waals surface area contributed by atoms with Crippen molar-refractivity contribution in [1.29, 1.82) is 0 Å². The maximum atomic E-state index is 12.9. The molecule has 1 aliphatic carbocycles. The smallest absolute Gasteiger partial charge is 0.244 e. The number of carbonyl (C=O) groups is 1. The largest absolute Gasteiger partial charge is 0.381 e. The fourth-order valence-electron chi connectivity index (χ4n) is 4.11. The van der Waals surface area contributed by atoms with Gasteiger partial charge in [0.2, 0.25) is 5.91 Å². The molecule has 1 amide bonds. The lowest BCUT2D eigenvalue weighted by Crippen LogP contribution is -2.46. The van der Waals surface area contributed by atoms with Gasteiger partial charge in [-0.05, 0) is 31.6 Å². The lowest BCUT2D eigenvalue weighted by atomic mass is 9.97. The van der Waals surface area contributed by atoms with Gasteiger partial charge in [0.25, 0.3) is 0 Å². The van der Waals surface area contributed by atoms with Crippen LogP contribution in [0.1, 0.15) is 52.4 Å². The molecule has 0 aromatic carbocycles. The van der Waals surface area contributed by atoms with E-state index in [1.165, 1.54) is 19.3 Å². The molecule has 1 saturated carbocycles. The summed E-state index contributed by atoms with van der Waals surface area (Å²) < 4.78 is 5.58. The molecule has 2 heterocycles. The van der Waals surface area contributed by atoms with Gasteiger partial charge in [0.15, 0.2) is 0 Å². The van der Waals surface area contributed by atoms with Crippen LogP contribution in [0.5, 0.6) is 0 Å². The fraction of sp³-hybridized carbons (Fsp3) is 0.938. The zero-order chi connectivity index (χ0) is 14.2. The molecule has 2 saturated heterocycles. The van der Waals surface area contributed by atoms with Crippen molar-refractivity contribution in [2.24, 2.45) is 11.8 Å². The highest BCUT2D eigenvalue weighted by Gasteiger charge is 2.53. The van der Waals surface area contributed by atoms with Crippen LogP contribution < -0.4 is 5.32 Å². The average molecular weight is 280 g/mol. The zero-order valence-electron chi connectivity index (χ0n) is 12.9. The summed E-state index contributed by atoms with van der Waals surface area (Å²) in [4.78, 5) is 15.1. The molecule has 2 unspecified atom stereocenters. The minimum atomic E-state index is -0.232. The van der Waals surface area contributed by atoms with Crippen molar-refractivity contribution in [1.82, 2.24) is 10.2 Å². The van der Waals surface area contributed by atoms with Gasteiger partial charge in [0.1, 0.15) is 0 Å². The van der Waals surface area contributed by atoms with E-state index in [0.29, 0.717) is 17.7 Å². The van der Waals surface area contributed by atoms with Crippen molar-refractivity contribution in [2.45, 2.75) is 64.1 Å². The molecule has 4 nitrogen and oxygen atoms in total. The van der Waals surface area contributed by atoms with E-state index in [0.717, 1.165) is 39.0 Å². The Bertz CT molecular complexity index is 357. The van der Waals surface area contributed by atoms with Crippen LogP contribution in [-0.4, -0.2) is 42.3 Å². The van der Waals surface area contributed by atoms with Gasteiger partial charge in [-0.1, -0.05) is 26.7 Å². The topological polar surface area (TPSA) is 41.6 Å². The van der Waals surface area contributed by atoms with Gasteiger partial charge >= 0.3 is 0 Å². The van der Waals surface area contributed by atoms with E-state index < -0.39 is 0 Å². The molecule has 0 aromatic rings. The lowest BCUT2D eigenvalue weighted by molar-refractivity contribution is -0.134. The van der Waals surface area contributed by atoms with Crippen LogP contribution in [0, 0.1) is 11.8 Å². The van der Waals surface area contributed by atoms with Crippen molar-refractivity contribution < 1.29 is 9.53 Å². The number of nitrogens with zero attached hydrogens (tertiary/aromatic N) is 1. The standard InChI is InChI=1S/C16H28N2O2/c1-12(2)14-17-16(7-3-4-8-16)15(19)18(14)10-13-6-5-9-20-11-13/h12-14,17H,3-11H2,1-2H3. The van der Waals surface area contributed by atoms with E-state index >= 15 is 0 Å². The predicted molar refractivity (Wildman–Crippen MR) is 78.2 cm³/mol. The van der Waals surface area contributed by atoms with Gasteiger partial charge < -0.3 is 9.64 Å². The first-order valence-corrected chi connectivity index (χ1v) is 8.29. The van der Waals surface area contributed by atoms with E-state index in [1.54, 1.807) is 0 Å². The average Bonchev–Trinajstić information content (AvgIpc) is 3.02. The van der Waals surface area contributed by atoms with E-state index in [-0.39, 0.29) is 11.7 Å². The quantitative estimate of drug-likeness (QED) is 0.861. The Balaban J connectivity index is 1.73. The van der Waals surface area contributed by atoms with Crippen molar-refractivity contribution >= 4 is 5.91 Å². The molecule has 0 aromatic heterocycles. The summed E-state index contributed by atoms with van der Waals surface area (Å²) in [5.74, 6) is 1.34. The molecule has 0 radical (unpaired) electrons. The highest BCUT2D eigenvalue weighted by molar-refractivity contribution is 5.89. The Morgan fingerprint density at radius 3 is 2.70 bits per heavy atom. The molecule has 4 heteroatoms. The first-order chi connectivity index (χ1) is 9.62. The molecule has 2 atom stereocenters. The molecule has 20 heavy (non-hydrogen) atoms. The molecule has 3 rings (SSSR count). The molecular formula is C16H28N2O2. The third-order valence-corrected chi connectivity index (χ3v) is 5.23. The number of rotatable bonds is 3. The van der Waals surface area contributed by atoms with E-state index in [2.05, 4.69) is 24.1 Å². The van der Waals surface area contributed by atoms with Crippen LogP contribution in [0.15, 0.2) is 0 Å². The molecule has 1 spiro atoms. The minimum absolute atomic E-state index is 0.211. The summed E-state index contributed by atoms with van der Waals surface area (Å²) >= 11 is 0. The highest BCUT2D eigenvalue weighted by atomic mass is 16.5. The number of hydrogen-bond donors (Lipinski definition) is 1. The molecule has 1 N–H and O–H groups in total. The number of carbonyl (C=O) groups excluding carboxylic acids is 1. The highest BCUT2D eigenvalue weighted by Crippen LogP contribution is 2.38. The Hall–Kier alpha value is -0.610. The van der Waals surface area contributed by atoms with Crippen molar-refractivity contribution in [2.75, 3.05) is 19.8 Å². The van der Waals surface area contributed by atoms with Gasteiger partial charge in [-0.3, -0.25) is 10.1 Å². The maximum absolute atomic E-state index is 12.9. The van der Waals surface area contributed by atoms with E-state index in [1.807, 2.05) is 0 Å². The zero-order valence-corrected chi connectivity index (χ0v) is 12.9. The molecule has 3 fully saturated rings. The number of ether oxygens (including phenoxy) is 1. The van der Waals surface area contributed by atoms with Crippen LogP contribution in [-0.2, 0) is 9.53 Å². The van der Waals surface area contributed by atoms with Crippen LogP contribution >= 0.6 is 0 Å². The SMILES string of the molecule is CC(C)C1NC2(CCCC2)C(=O)N1CC1CCCOC1. The first kappa shape index (κ1) is 14.3. The summed E-state index contributed by atoms with van der Waals surface area (Å²) in [7, 11) is 0. The number of hydrogen-bond acceptors (Lipinski definition) is 3. The Kier molecular flexibility index (Phi) is 4.04. The molecule has 3 aliphatic rings. The van der Waals surface area contributed by atoms with Gasteiger partial charge in [0.05, 0.1) is 18.3 Å². The summed E-state index contributed by atoms with van der Waals surface area (Å²) in [6.45, 7) is 7.00. The van der Waals surface area contributed by atoms with Crippen LogP contribution in [0.3, 0.4) is 0 Å². The molecular weight excluding hydrogens is 252 g/mol. The summed E-state index contributed by atoms with van der Waals surface area (Å²) in [6.07, 6.45) is 6.95. The summed E-state index contributed by atoms with van der Waals surface area (Å²) in [6, 6.07) is 0. The second kappa shape index (κ2) is 5.64. The van der Waals surface area contributed by atoms with Crippen LogP contribution in [0.4, 0.5) is 0 Å². The Morgan fingerprint density at radius 2 is 2.10 bits per heavy atom. The van der Waals surface area contributed by atoms with Gasteiger partial charge in [-0.15, -0.1) is 0 Å².